The van der Waals surface area contributed by atoms with Crippen molar-refractivity contribution in [3.8, 4) is 0 Å². The van der Waals surface area contributed by atoms with E-state index < -0.39 is 0 Å². The Balaban J connectivity index is 0.00000264. The second kappa shape index (κ2) is 8.86. The Morgan fingerprint density at radius 3 is 2.78 bits per heavy atom. The van der Waals surface area contributed by atoms with Gasteiger partial charge in [0.15, 0.2) is 10.9 Å². The number of guanidine groups is 1. The minimum absolute atomic E-state index is 0. The lowest BCUT2D eigenvalue weighted by Gasteiger charge is -2.23. The molecule has 130 valence electrons. The maximum Gasteiger partial charge on any atom is 0.193 e. The van der Waals surface area contributed by atoms with E-state index in [2.05, 4.69) is 54.5 Å². The van der Waals surface area contributed by atoms with Crippen LogP contribution in [0, 0.1) is 5.41 Å². The summed E-state index contributed by atoms with van der Waals surface area (Å²) in [6, 6.07) is 0.399. The fourth-order valence-electron chi connectivity index (χ4n) is 2.19. The Hall–Kier alpha value is -0.830. The third kappa shape index (κ3) is 6.66. The number of hydrogen-bond donors (Lipinski definition) is 2. The lowest BCUT2D eigenvalue weighted by molar-refractivity contribution is 0.346. The minimum atomic E-state index is 0. The van der Waals surface area contributed by atoms with Gasteiger partial charge in [0.05, 0.1) is 12.2 Å². The first-order valence-electron chi connectivity index (χ1n) is 7.75. The van der Waals surface area contributed by atoms with Crippen molar-refractivity contribution >= 4 is 46.2 Å². The first-order chi connectivity index (χ1) is 10.4. The molecule has 1 unspecified atom stereocenters. The lowest BCUT2D eigenvalue weighted by Crippen LogP contribution is -2.42. The molecule has 0 aliphatic rings. The number of aromatic nitrogens is 2. The van der Waals surface area contributed by atoms with Gasteiger partial charge in [0.2, 0.25) is 0 Å². The van der Waals surface area contributed by atoms with Crippen LogP contribution >= 0.6 is 35.3 Å². The zero-order valence-corrected chi connectivity index (χ0v) is 17.7. The van der Waals surface area contributed by atoms with Crippen molar-refractivity contribution < 1.29 is 0 Å². The van der Waals surface area contributed by atoms with E-state index in [1.54, 1.807) is 18.4 Å². The quantitative estimate of drug-likeness (QED) is 0.414. The highest BCUT2D eigenvalue weighted by atomic mass is 127. The number of aliphatic imine (C=N–C) groups is 1. The molecule has 0 saturated heterocycles. The second-order valence-electron chi connectivity index (χ2n) is 6.90. The van der Waals surface area contributed by atoms with Crippen LogP contribution in [0.25, 0.3) is 4.96 Å². The summed E-state index contributed by atoms with van der Waals surface area (Å²) in [5, 5.41) is 8.81. The molecule has 2 aromatic rings. The molecule has 0 spiro atoms. The van der Waals surface area contributed by atoms with Crippen LogP contribution in [0.5, 0.6) is 0 Å². The summed E-state index contributed by atoms with van der Waals surface area (Å²) >= 11 is 1.65. The number of nitrogens with one attached hydrogen (secondary N) is 2. The molecule has 1 atom stereocenters. The highest BCUT2D eigenvalue weighted by Crippen LogP contribution is 2.21. The van der Waals surface area contributed by atoms with Gasteiger partial charge in [0, 0.05) is 30.9 Å². The molecule has 0 aliphatic carbocycles. The first-order valence-corrected chi connectivity index (χ1v) is 8.63. The predicted molar refractivity (Wildman–Crippen MR) is 110 cm³/mol. The van der Waals surface area contributed by atoms with Crippen molar-refractivity contribution in [2.45, 2.75) is 53.1 Å². The van der Waals surface area contributed by atoms with E-state index in [1.165, 1.54) is 6.42 Å². The Kier molecular flexibility index (Phi) is 7.79. The highest BCUT2D eigenvalue weighted by molar-refractivity contribution is 14.0. The third-order valence-electron chi connectivity index (χ3n) is 3.51. The molecule has 23 heavy (non-hydrogen) atoms. The molecular weight excluding hydrogens is 421 g/mol. The van der Waals surface area contributed by atoms with Crippen molar-refractivity contribution in [2.24, 2.45) is 10.4 Å². The minimum Gasteiger partial charge on any atom is -0.354 e. The molecule has 7 heteroatoms. The Morgan fingerprint density at radius 1 is 1.43 bits per heavy atom. The zero-order valence-electron chi connectivity index (χ0n) is 14.6. The zero-order chi connectivity index (χ0) is 16.2. The number of imidazole rings is 1. The standard InChI is InChI=1S/C16H27N5S.HI/c1-12(6-7-16(2,3)4)19-14(17-5)18-10-13-11-21-8-9-22-15(21)20-13;/h8-9,11-12H,6-7,10H2,1-5H3,(H2,17,18,19);1H. The Labute approximate surface area is 160 Å². The van der Waals surface area contributed by atoms with Gasteiger partial charge >= 0.3 is 0 Å². The van der Waals surface area contributed by atoms with Gasteiger partial charge in [-0.15, -0.1) is 35.3 Å². The third-order valence-corrected chi connectivity index (χ3v) is 4.28. The molecule has 0 bridgehead atoms. The largest absolute Gasteiger partial charge is 0.354 e. The van der Waals surface area contributed by atoms with E-state index in [0.717, 1.165) is 23.0 Å². The molecule has 0 aliphatic heterocycles. The monoisotopic (exact) mass is 449 g/mol. The molecule has 2 heterocycles. The average molecular weight is 449 g/mol. The van der Waals surface area contributed by atoms with Crippen molar-refractivity contribution in [1.29, 1.82) is 0 Å². The normalized spacial score (nSPS) is 13.7. The van der Waals surface area contributed by atoms with E-state index in [-0.39, 0.29) is 24.0 Å². The van der Waals surface area contributed by atoms with E-state index in [9.17, 15) is 0 Å². The molecule has 2 aromatic heterocycles. The van der Waals surface area contributed by atoms with Crippen LogP contribution < -0.4 is 10.6 Å². The smallest absolute Gasteiger partial charge is 0.193 e. The van der Waals surface area contributed by atoms with Crippen LogP contribution in [0.2, 0.25) is 0 Å². The number of halogens is 1. The topological polar surface area (TPSA) is 53.7 Å². The number of thiazole rings is 1. The lowest BCUT2D eigenvalue weighted by atomic mass is 9.89. The summed E-state index contributed by atoms with van der Waals surface area (Å²) in [4.78, 5) is 9.88. The first kappa shape index (κ1) is 20.2. The van der Waals surface area contributed by atoms with Gasteiger partial charge in [-0.2, -0.15) is 0 Å². The van der Waals surface area contributed by atoms with Crippen LogP contribution in [0.3, 0.4) is 0 Å². The van der Waals surface area contributed by atoms with Crippen molar-refractivity contribution in [2.75, 3.05) is 7.05 Å². The molecule has 2 N–H and O–H groups in total. The van der Waals surface area contributed by atoms with E-state index >= 15 is 0 Å². The van der Waals surface area contributed by atoms with E-state index in [0.29, 0.717) is 18.0 Å². The molecule has 5 nitrogen and oxygen atoms in total. The number of nitrogens with zero attached hydrogens (tertiary/aromatic N) is 3. The van der Waals surface area contributed by atoms with E-state index in [4.69, 9.17) is 0 Å². The fraction of sp³-hybridized carbons (Fsp3) is 0.625. The molecule has 0 aromatic carbocycles. The van der Waals surface area contributed by atoms with Crippen molar-refractivity contribution in [3.05, 3.63) is 23.5 Å². The van der Waals surface area contributed by atoms with Crippen LogP contribution in [0.4, 0.5) is 0 Å². The van der Waals surface area contributed by atoms with Gasteiger partial charge in [-0.05, 0) is 25.2 Å². The summed E-state index contributed by atoms with van der Waals surface area (Å²) < 4.78 is 2.05. The van der Waals surface area contributed by atoms with Gasteiger partial charge in [-0.1, -0.05) is 20.8 Å². The predicted octanol–water partition coefficient (Wildman–Crippen LogP) is 3.89. The Morgan fingerprint density at radius 2 is 2.17 bits per heavy atom. The van der Waals surface area contributed by atoms with Gasteiger partial charge in [-0.25, -0.2) is 4.98 Å². The molecule has 2 rings (SSSR count). The van der Waals surface area contributed by atoms with Crippen molar-refractivity contribution in [1.82, 2.24) is 20.0 Å². The molecular formula is C16H28IN5S. The molecule has 0 radical (unpaired) electrons. The summed E-state index contributed by atoms with van der Waals surface area (Å²) in [6.45, 7) is 9.71. The molecule has 0 amide bonds. The molecule has 0 saturated carbocycles. The summed E-state index contributed by atoms with van der Waals surface area (Å²) in [5.74, 6) is 0.831. The summed E-state index contributed by atoms with van der Waals surface area (Å²) in [6.07, 6.45) is 6.40. The van der Waals surface area contributed by atoms with Crippen molar-refractivity contribution in [3.63, 3.8) is 0 Å². The highest BCUT2D eigenvalue weighted by Gasteiger charge is 2.13. The van der Waals surface area contributed by atoms with Crippen LogP contribution in [0.1, 0.15) is 46.2 Å². The second-order valence-corrected chi connectivity index (χ2v) is 7.77. The van der Waals surface area contributed by atoms with Crippen LogP contribution in [-0.4, -0.2) is 28.4 Å². The fourth-order valence-corrected chi connectivity index (χ4v) is 2.90. The average Bonchev–Trinajstić information content (AvgIpc) is 3.01. The maximum atomic E-state index is 4.56. The van der Waals surface area contributed by atoms with Crippen LogP contribution in [0.15, 0.2) is 22.8 Å². The van der Waals surface area contributed by atoms with E-state index in [1.807, 2.05) is 16.0 Å². The molecule has 0 fully saturated rings. The summed E-state index contributed by atoms with van der Waals surface area (Å²) in [5.41, 5.74) is 1.40. The van der Waals surface area contributed by atoms with Gasteiger partial charge < -0.3 is 10.6 Å². The van der Waals surface area contributed by atoms with Gasteiger partial charge in [-0.3, -0.25) is 9.39 Å². The van der Waals surface area contributed by atoms with Gasteiger partial charge in [0.1, 0.15) is 0 Å². The summed E-state index contributed by atoms with van der Waals surface area (Å²) in [7, 11) is 1.80. The SMILES string of the molecule is CN=C(NCc1cn2ccsc2n1)NC(C)CCC(C)(C)C.I. The van der Waals surface area contributed by atoms with Crippen LogP contribution in [-0.2, 0) is 6.54 Å². The number of hydrogen-bond acceptors (Lipinski definition) is 3. The van der Waals surface area contributed by atoms with Gasteiger partial charge in [0.25, 0.3) is 0 Å². The maximum absolute atomic E-state index is 4.56. The Bertz CT molecular complexity index is 597. The number of fused-ring (bicyclic) bond motifs is 1. The number of rotatable bonds is 5.